The minimum atomic E-state index is -0.249. The Bertz CT molecular complexity index is 579. The number of carbonyl (C=O) groups excluding carboxylic acids is 1. The van der Waals surface area contributed by atoms with Crippen LogP contribution >= 0.6 is 0 Å². The number of benzene rings is 1. The highest BCUT2D eigenvalue weighted by atomic mass is 16.5. The molecule has 0 bridgehead atoms. The molecule has 1 aromatic rings. The van der Waals surface area contributed by atoms with Gasteiger partial charge in [0.25, 0.3) is 0 Å². The van der Waals surface area contributed by atoms with Crippen molar-refractivity contribution in [3.05, 3.63) is 35.9 Å². The molecule has 0 radical (unpaired) electrons. The number of hydrogen-bond donors (Lipinski definition) is 0. The number of rotatable bonds is 4. The average molecular weight is 342 g/mol. The molecule has 2 heterocycles. The van der Waals surface area contributed by atoms with Crippen LogP contribution in [0.3, 0.4) is 0 Å². The van der Waals surface area contributed by atoms with Crippen LogP contribution in [-0.2, 0) is 14.9 Å². The molecule has 0 unspecified atom stereocenters. The van der Waals surface area contributed by atoms with Gasteiger partial charge < -0.3 is 14.5 Å². The van der Waals surface area contributed by atoms with Gasteiger partial charge in [0.05, 0.1) is 11.5 Å². The van der Waals surface area contributed by atoms with Gasteiger partial charge in [0.2, 0.25) is 5.91 Å². The lowest BCUT2D eigenvalue weighted by molar-refractivity contribution is -0.135. The quantitative estimate of drug-likeness (QED) is 0.843. The molecular formula is C21H30N2O2. The monoisotopic (exact) mass is 342 g/mol. The Hall–Kier alpha value is -1.39. The third-order valence-corrected chi connectivity index (χ3v) is 6.03. The van der Waals surface area contributed by atoms with E-state index in [-0.39, 0.29) is 11.5 Å². The van der Waals surface area contributed by atoms with Crippen LogP contribution in [0.15, 0.2) is 30.3 Å². The molecule has 136 valence electrons. The van der Waals surface area contributed by atoms with Crippen molar-refractivity contribution >= 4 is 5.91 Å². The van der Waals surface area contributed by atoms with Gasteiger partial charge in [0, 0.05) is 26.2 Å². The molecule has 4 rings (SSSR count). The van der Waals surface area contributed by atoms with Crippen molar-refractivity contribution in [1.82, 2.24) is 9.80 Å². The summed E-state index contributed by atoms with van der Waals surface area (Å²) in [5.41, 5.74) is 0.944. The Balaban J connectivity index is 1.43. The summed E-state index contributed by atoms with van der Waals surface area (Å²) in [6, 6.07) is 10.4. The maximum Gasteiger partial charge on any atom is 0.233 e. The molecule has 1 aliphatic carbocycles. The number of amides is 1. The lowest BCUT2D eigenvalue weighted by Crippen LogP contribution is -2.46. The highest BCUT2D eigenvalue weighted by molar-refractivity contribution is 5.91. The maximum absolute atomic E-state index is 13.3. The van der Waals surface area contributed by atoms with Crippen molar-refractivity contribution in [3.63, 3.8) is 0 Å². The molecule has 0 aromatic heterocycles. The molecule has 1 saturated carbocycles. The number of nitrogens with zero attached hydrogens (tertiary/aromatic N) is 2. The Morgan fingerprint density at radius 1 is 1.04 bits per heavy atom. The molecule has 1 amide bonds. The Morgan fingerprint density at radius 3 is 2.52 bits per heavy atom. The molecule has 3 aliphatic rings. The van der Waals surface area contributed by atoms with Crippen LogP contribution in [0.4, 0.5) is 0 Å². The van der Waals surface area contributed by atoms with Crippen molar-refractivity contribution in [2.45, 2.75) is 50.0 Å². The van der Waals surface area contributed by atoms with Gasteiger partial charge in [0.1, 0.15) is 0 Å². The number of ether oxygens (including phenoxy) is 1. The van der Waals surface area contributed by atoms with E-state index in [1.165, 1.54) is 37.9 Å². The SMILES string of the molecule is O=C(N1CCCO[C@H](CN2CCCCC2)C1)C1(c2ccccc2)CC1. The fraction of sp³-hybridized carbons (Fsp3) is 0.667. The molecule has 1 atom stereocenters. The zero-order valence-corrected chi connectivity index (χ0v) is 15.2. The summed E-state index contributed by atoms with van der Waals surface area (Å²) in [6.45, 7) is 5.71. The van der Waals surface area contributed by atoms with E-state index in [0.717, 1.165) is 45.5 Å². The smallest absolute Gasteiger partial charge is 0.233 e. The molecule has 2 aliphatic heterocycles. The number of piperidine rings is 1. The van der Waals surface area contributed by atoms with Crippen LogP contribution in [0, 0.1) is 0 Å². The van der Waals surface area contributed by atoms with Crippen molar-refractivity contribution in [1.29, 1.82) is 0 Å². The summed E-state index contributed by atoms with van der Waals surface area (Å²) >= 11 is 0. The normalized spacial score (nSPS) is 26.9. The van der Waals surface area contributed by atoms with E-state index in [4.69, 9.17) is 4.74 Å². The second kappa shape index (κ2) is 7.46. The third kappa shape index (κ3) is 3.75. The van der Waals surface area contributed by atoms with E-state index < -0.39 is 0 Å². The van der Waals surface area contributed by atoms with Gasteiger partial charge >= 0.3 is 0 Å². The van der Waals surface area contributed by atoms with Crippen LogP contribution in [0.25, 0.3) is 0 Å². The van der Waals surface area contributed by atoms with E-state index in [9.17, 15) is 4.79 Å². The number of hydrogen-bond acceptors (Lipinski definition) is 3. The van der Waals surface area contributed by atoms with E-state index in [1.807, 2.05) is 18.2 Å². The summed E-state index contributed by atoms with van der Waals surface area (Å²) in [6.07, 6.45) is 7.04. The molecule has 0 spiro atoms. The van der Waals surface area contributed by atoms with Crippen molar-refractivity contribution < 1.29 is 9.53 Å². The molecule has 2 saturated heterocycles. The minimum absolute atomic E-state index is 0.163. The molecular weight excluding hydrogens is 312 g/mol. The fourth-order valence-corrected chi connectivity index (χ4v) is 4.43. The predicted octanol–water partition coefficient (Wildman–Crippen LogP) is 2.82. The first-order chi connectivity index (χ1) is 12.3. The van der Waals surface area contributed by atoms with Gasteiger partial charge in [-0.15, -0.1) is 0 Å². The number of likely N-dealkylation sites (tertiary alicyclic amines) is 1. The minimum Gasteiger partial charge on any atom is -0.375 e. The first-order valence-electron chi connectivity index (χ1n) is 9.97. The highest BCUT2D eigenvalue weighted by Crippen LogP contribution is 2.49. The summed E-state index contributed by atoms with van der Waals surface area (Å²) in [5.74, 6) is 0.327. The Morgan fingerprint density at radius 2 is 1.80 bits per heavy atom. The Kier molecular flexibility index (Phi) is 5.09. The molecule has 3 fully saturated rings. The molecule has 4 nitrogen and oxygen atoms in total. The van der Waals surface area contributed by atoms with Gasteiger partial charge in [-0.2, -0.15) is 0 Å². The zero-order chi connectivity index (χ0) is 17.1. The van der Waals surface area contributed by atoms with Crippen molar-refractivity contribution in [3.8, 4) is 0 Å². The average Bonchev–Trinajstić information content (AvgIpc) is 3.48. The molecule has 25 heavy (non-hydrogen) atoms. The van der Waals surface area contributed by atoms with Gasteiger partial charge in [-0.05, 0) is 50.8 Å². The van der Waals surface area contributed by atoms with Gasteiger partial charge in [-0.1, -0.05) is 36.8 Å². The van der Waals surface area contributed by atoms with E-state index in [2.05, 4.69) is 21.9 Å². The summed E-state index contributed by atoms with van der Waals surface area (Å²) < 4.78 is 6.09. The third-order valence-electron chi connectivity index (χ3n) is 6.03. The first kappa shape index (κ1) is 17.0. The summed E-state index contributed by atoms with van der Waals surface area (Å²) in [4.78, 5) is 17.9. The van der Waals surface area contributed by atoms with Crippen LogP contribution in [0.5, 0.6) is 0 Å². The summed E-state index contributed by atoms with van der Waals surface area (Å²) in [7, 11) is 0. The van der Waals surface area contributed by atoms with Crippen LogP contribution in [0.1, 0.15) is 44.1 Å². The predicted molar refractivity (Wildman–Crippen MR) is 98.6 cm³/mol. The van der Waals surface area contributed by atoms with Gasteiger partial charge in [0.15, 0.2) is 0 Å². The maximum atomic E-state index is 13.3. The zero-order valence-electron chi connectivity index (χ0n) is 15.2. The van der Waals surface area contributed by atoms with Gasteiger partial charge in [-0.3, -0.25) is 4.79 Å². The first-order valence-corrected chi connectivity index (χ1v) is 9.97. The standard InChI is InChI=1S/C21H30N2O2/c24-20(21(10-11-21)18-8-3-1-4-9-18)23-14-7-15-25-19(17-23)16-22-12-5-2-6-13-22/h1,3-4,8-9,19H,2,5-7,10-17H2/t19-/m1/s1. The van der Waals surface area contributed by atoms with E-state index in [0.29, 0.717) is 5.91 Å². The molecule has 1 aromatic carbocycles. The fourth-order valence-electron chi connectivity index (χ4n) is 4.43. The molecule has 4 heteroatoms. The second-order valence-corrected chi connectivity index (χ2v) is 7.91. The Labute approximate surface area is 151 Å². The van der Waals surface area contributed by atoms with Crippen LogP contribution in [0.2, 0.25) is 0 Å². The van der Waals surface area contributed by atoms with E-state index >= 15 is 0 Å². The van der Waals surface area contributed by atoms with Crippen molar-refractivity contribution in [2.75, 3.05) is 39.3 Å². The highest BCUT2D eigenvalue weighted by Gasteiger charge is 2.53. The second-order valence-electron chi connectivity index (χ2n) is 7.91. The summed E-state index contributed by atoms with van der Waals surface area (Å²) in [5, 5.41) is 0. The largest absolute Gasteiger partial charge is 0.375 e. The molecule has 0 N–H and O–H groups in total. The van der Waals surface area contributed by atoms with Crippen LogP contribution < -0.4 is 0 Å². The lowest BCUT2D eigenvalue weighted by atomic mass is 9.94. The number of carbonyl (C=O) groups is 1. The van der Waals surface area contributed by atoms with Gasteiger partial charge in [-0.25, -0.2) is 0 Å². The van der Waals surface area contributed by atoms with E-state index in [1.54, 1.807) is 0 Å². The van der Waals surface area contributed by atoms with Crippen LogP contribution in [-0.4, -0.2) is 61.1 Å². The lowest BCUT2D eigenvalue weighted by Gasteiger charge is -2.32. The van der Waals surface area contributed by atoms with Crippen molar-refractivity contribution in [2.24, 2.45) is 0 Å². The topological polar surface area (TPSA) is 32.8 Å².